The number of aromatic hydroxyl groups is 1. The summed E-state index contributed by atoms with van der Waals surface area (Å²) in [7, 11) is 0. The zero-order valence-corrected chi connectivity index (χ0v) is 24.3. The quantitative estimate of drug-likeness (QED) is 0.198. The molecule has 2 amide bonds. The third-order valence-corrected chi connectivity index (χ3v) is 7.38. The number of nitrogens with zero attached hydrogens (tertiary/aromatic N) is 5. The Hall–Kier alpha value is -4.32. The average molecular weight is 609 g/mol. The Labute approximate surface area is 249 Å². The number of anilines is 2. The highest BCUT2D eigenvalue weighted by Crippen LogP contribution is 2.39. The van der Waals surface area contributed by atoms with Crippen LogP contribution in [-0.4, -0.2) is 42.1 Å². The Morgan fingerprint density at radius 2 is 1.54 bits per heavy atom. The van der Waals surface area contributed by atoms with Crippen LogP contribution in [0.2, 0.25) is 10.0 Å². The van der Waals surface area contributed by atoms with E-state index >= 15 is 0 Å². The number of nitrogens with one attached hydrogen (secondary N) is 2. The van der Waals surface area contributed by atoms with Gasteiger partial charge in [-0.1, -0.05) is 60.5 Å². The molecule has 5 aromatic rings. The van der Waals surface area contributed by atoms with Gasteiger partial charge in [0, 0.05) is 27.3 Å². The third-order valence-electron chi connectivity index (χ3n) is 6.00. The minimum atomic E-state index is -0.439. The second-order valence-electron chi connectivity index (χ2n) is 10.0. The maximum Gasteiger partial charge on any atom is 0.257 e. The van der Waals surface area contributed by atoms with E-state index in [4.69, 9.17) is 23.2 Å². The van der Waals surface area contributed by atoms with Crippen molar-refractivity contribution < 1.29 is 14.7 Å². The molecule has 0 atom stereocenters. The van der Waals surface area contributed by atoms with Crippen LogP contribution in [0.1, 0.15) is 47.2 Å². The highest BCUT2D eigenvalue weighted by atomic mass is 35.5. The van der Waals surface area contributed by atoms with E-state index in [-0.39, 0.29) is 27.2 Å². The molecule has 0 aliphatic carbocycles. The van der Waals surface area contributed by atoms with E-state index < -0.39 is 5.91 Å². The minimum absolute atomic E-state index is 0.0795. The minimum Gasteiger partial charge on any atom is -0.506 e. The van der Waals surface area contributed by atoms with Crippen molar-refractivity contribution in [3.63, 3.8) is 0 Å². The maximum atomic E-state index is 12.8. The summed E-state index contributed by atoms with van der Waals surface area (Å²) >= 11 is 13.1. The maximum absolute atomic E-state index is 12.8. The summed E-state index contributed by atoms with van der Waals surface area (Å²) in [4.78, 5) is 25.5. The molecule has 41 heavy (non-hydrogen) atoms. The molecule has 0 aliphatic heterocycles. The van der Waals surface area contributed by atoms with Gasteiger partial charge >= 0.3 is 0 Å². The standard InChI is InChI=1S/C28H23Cl2N7O3S/c1-28(2,3)22-14-31-36-37(22)19-10-8-18(9-11-19)32-24(39)15-4-6-16(7-5-15)25(40)33-27-35-34-26(41-27)20-12-17(29)13-21(30)23(20)38/h4-14,38H,1-3H3,(H,32,39)(H,33,35,40). The first-order valence-corrected chi connectivity index (χ1v) is 13.8. The number of benzene rings is 3. The first-order valence-electron chi connectivity index (χ1n) is 12.3. The second kappa shape index (κ2) is 11.3. The number of rotatable bonds is 6. The van der Waals surface area contributed by atoms with Gasteiger partial charge < -0.3 is 10.4 Å². The fourth-order valence-electron chi connectivity index (χ4n) is 3.88. The molecule has 5 rings (SSSR count). The Morgan fingerprint density at radius 3 is 2.17 bits per heavy atom. The number of halogens is 2. The van der Waals surface area contributed by atoms with Gasteiger partial charge in [-0.05, 0) is 60.7 Å². The van der Waals surface area contributed by atoms with E-state index in [1.165, 1.54) is 24.3 Å². The number of aromatic nitrogens is 5. The van der Waals surface area contributed by atoms with Crippen LogP contribution in [0, 0.1) is 0 Å². The molecule has 3 aromatic carbocycles. The summed E-state index contributed by atoms with van der Waals surface area (Å²) in [5.74, 6) is -0.944. The summed E-state index contributed by atoms with van der Waals surface area (Å²) in [6.45, 7) is 6.26. The van der Waals surface area contributed by atoms with Crippen LogP contribution in [0.25, 0.3) is 16.3 Å². The summed E-state index contributed by atoms with van der Waals surface area (Å²) in [5, 5.41) is 32.9. The van der Waals surface area contributed by atoms with Gasteiger partial charge in [-0.2, -0.15) is 0 Å². The SMILES string of the molecule is CC(C)(C)c1cnnn1-c1ccc(NC(=O)c2ccc(C(=O)Nc3nnc(-c4cc(Cl)cc(Cl)c4O)s3)cc2)cc1. The highest BCUT2D eigenvalue weighted by Gasteiger charge is 2.21. The van der Waals surface area contributed by atoms with Crippen LogP contribution in [-0.2, 0) is 5.41 Å². The lowest BCUT2D eigenvalue weighted by Crippen LogP contribution is -2.17. The van der Waals surface area contributed by atoms with Crippen LogP contribution in [0.4, 0.5) is 10.8 Å². The Balaban J connectivity index is 1.22. The lowest BCUT2D eigenvalue weighted by Gasteiger charge is -2.19. The molecule has 3 N–H and O–H groups in total. The lowest BCUT2D eigenvalue weighted by atomic mass is 9.92. The van der Waals surface area contributed by atoms with Crippen molar-refractivity contribution in [2.24, 2.45) is 0 Å². The third kappa shape index (κ3) is 6.22. The fourth-order valence-corrected chi connectivity index (χ4v) is 5.13. The van der Waals surface area contributed by atoms with Gasteiger partial charge in [0.2, 0.25) is 5.13 Å². The van der Waals surface area contributed by atoms with Crippen LogP contribution in [0.5, 0.6) is 5.75 Å². The molecule has 0 aliphatic rings. The summed E-state index contributed by atoms with van der Waals surface area (Å²) in [6.07, 6.45) is 1.74. The first kappa shape index (κ1) is 28.2. The van der Waals surface area contributed by atoms with Crippen molar-refractivity contribution in [3.8, 4) is 22.0 Å². The first-order chi connectivity index (χ1) is 19.5. The second-order valence-corrected chi connectivity index (χ2v) is 11.8. The lowest BCUT2D eigenvalue weighted by molar-refractivity contribution is 0.101. The number of phenols is 1. The molecule has 0 saturated heterocycles. The van der Waals surface area contributed by atoms with E-state index in [0.717, 1.165) is 22.7 Å². The van der Waals surface area contributed by atoms with Crippen molar-refractivity contribution in [2.45, 2.75) is 26.2 Å². The van der Waals surface area contributed by atoms with Crippen molar-refractivity contribution >= 4 is 57.2 Å². The van der Waals surface area contributed by atoms with Crippen LogP contribution in [0.3, 0.4) is 0 Å². The number of amides is 2. The van der Waals surface area contributed by atoms with Gasteiger partial charge in [0.1, 0.15) is 5.75 Å². The molecule has 2 aromatic heterocycles. The predicted octanol–water partition coefficient (Wildman–Crippen LogP) is 6.60. The van der Waals surface area contributed by atoms with Crippen molar-refractivity contribution in [2.75, 3.05) is 10.6 Å². The number of hydrogen-bond acceptors (Lipinski definition) is 8. The number of carbonyl (C=O) groups excluding carboxylic acids is 2. The van der Waals surface area contributed by atoms with E-state index in [1.807, 2.05) is 12.1 Å². The summed E-state index contributed by atoms with van der Waals surface area (Å²) < 4.78 is 1.77. The smallest absolute Gasteiger partial charge is 0.257 e. The molecule has 0 bridgehead atoms. The zero-order valence-electron chi connectivity index (χ0n) is 22.0. The zero-order chi connectivity index (χ0) is 29.3. The van der Waals surface area contributed by atoms with Gasteiger partial charge in [-0.15, -0.1) is 15.3 Å². The number of hydrogen-bond donors (Lipinski definition) is 3. The van der Waals surface area contributed by atoms with E-state index in [9.17, 15) is 14.7 Å². The number of phenolic OH excluding ortho intramolecular Hbond substituents is 1. The van der Waals surface area contributed by atoms with Gasteiger partial charge in [-0.25, -0.2) is 4.68 Å². The molecule has 13 heteroatoms. The largest absolute Gasteiger partial charge is 0.506 e. The molecular weight excluding hydrogens is 585 g/mol. The van der Waals surface area contributed by atoms with Crippen LogP contribution in [0.15, 0.2) is 66.9 Å². The predicted molar refractivity (Wildman–Crippen MR) is 159 cm³/mol. The number of carbonyl (C=O) groups is 2. The van der Waals surface area contributed by atoms with Crippen molar-refractivity contribution in [1.29, 1.82) is 0 Å². The van der Waals surface area contributed by atoms with Crippen molar-refractivity contribution in [3.05, 3.63) is 93.7 Å². The molecule has 0 saturated carbocycles. The summed E-state index contributed by atoms with van der Waals surface area (Å²) in [6, 6.07) is 16.4. The van der Waals surface area contributed by atoms with Gasteiger partial charge in [0.25, 0.3) is 11.8 Å². The monoisotopic (exact) mass is 607 g/mol. The highest BCUT2D eigenvalue weighted by molar-refractivity contribution is 7.18. The molecule has 10 nitrogen and oxygen atoms in total. The van der Waals surface area contributed by atoms with Crippen molar-refractivity contribution in [1.82, 2.24) is 25.2 Å². The summed E-state index contributed by atoms with van der Waals surface area (Å²) in [5.41, 5.74) is 3.28. The molecule has 0 fully saturated rings. The van der Waals surface area contributed by atoms with E-state index in [0.29, 0.717) is 32.4 Å². The molecule has 0 radical (unpaired) electrons. The normalized spacial score (nSPS) is 11.3. The van der Waals surface area contributed by atoms with E-state index in [2.05, 4.69) is 51.9 Å². The van der Waals surface area contributed by atoms with Gasteiger partial charge in [-0.3, -0.25) is 14.9 Å². The van der Waals surface area contributed by atoms with Crippen LogP contribution < -0.4 is 10.6 Å². The molecule has 208 valence electrons. The Kier molecular flexibility index (Phi) is 7.76. The van der Waals surface area contributed by atoms with Crippen LogP contribution >= 0.6 is 34.5 Å². The van der Waals surface area contributed by atoms with E-state index in [1.54, 1.807) is 35.1 Å². The van der Waals surface area contributed by atoms with Gasteiger partial charge in [0.15, 0.2) is 5.01 Å². The molecular formula is C28H23Cl2N7O3S. The molecule has 2 heterocycles. The Bertz CT molecular complexity index is 1740. The topological polar surface area (TPSA) is 135 Å². The Morgan fingerprint density at radius 1 is 0.902 bits per heavy atom. The van der Waals surface area contributed by atoms with Gasteiger partial charge in [0.05, 0.1) is 28.2 Å². The molecule has 0 unspecified atom stereocenters. The fraction of sp³-hybridized carbons (Fsp3) is 0.143. The molecule has 0 spiro atoms. The average Bonchev–Trinajstić information content (AvgIpc) is 3.61.